The maximum absolute atomic E-state index is 12.7. The van der Waals surface area contributed by atoms with Crippen molar-refractivity contribution in [3.8, 4) is 0 Å². The minimum atomic E-state index is -4.03. The summed E-state index contributed by atoms with van der Waals surface area (Å²) in [6.45, 7) is 1.86. The highest BCUT2D eigenvalue weighted by Gasteiger charge is 2.25. The molecule has 1 N–H and O–H groups in total. The predicted octanol–water partition coefficient (Wildman–Crippen LogP) is 4.11. The number of nitrogens with zero attached hydrogens (tertiary/aromatic N) is 3. The SMILES string of the molecule is C[C@H](c1ccccc1I)n1c(=O)oc2cc(S(=O)(=O)Nc3ncns3)c(Cl)cc21. The number of oxazole rings is 1. The first-order chi connectivity index (χ1) is 13.8. The smallest absolute Gasteiger partial charge is 0.408 e. The monoisotopic (exact) mass is 562 g/mol. The summed E-state index contributed by atoms with van der Waals surface area (Å²) >= 11 is 9.37. The number of aromatic nitrogens is 3. The Bertz CT molecular complexity index is 1370. The Morgan fingerprint density at radius 3 is 2.76 bits per heavy atom. The van der Waals surface area contributed by atoms with E-state index in [0.717, 1.165) is 20.7 Å². The Morgan fingerprint density at radius 2 is 2.07 bits per heavy atom. The first kappa shape index (κ1) is 20.3. The predicted molar refractivity (Wildman–Crippen MR) is 119 cm³/mol. The number of nitrogens with one attached hydrogen (secondary N) is 1. The lowest BCUT2D eigenvalue weighted by Gasteiger charge is -2.15. The van der Waals surface area contributed by atoms with Crippen molar-refractivity contribution in [3.63, 3.8) is 0 Å². The Morgan fingerprint density at radius 1 is 1.31 bits per heavy atom. The van der Waals surface area contributed by atoms with E-state index >= 15 is 0 Å². The van der Waals surface area contributed by atoms with Gasteiger partial charge in [-0.3, -0.25) is 9.29 Å². The van der Waals surface area contributed by atoms with Gasteiger partial charge in [-0.2, -0.15) is 4.37 Å². The van der Waals surface area contributed by atoms with Crippen LogP contribution in [0.1, 0.15) is 18.5 Å². The molecule has 8 nitrogen and oxygen atoms in total. The van der Waals surface area contributed by atoms with Crippen molar-refractivity contribution in [1.82, 2.24) is 13.9 Å². The third-order valence-corrected chi connectivity index (χ3v) is 7.78. The summed E-state index contributed by atoms with van der Waals surface area (Å²) in [5.74, 6) is -0.602. The van der Waals surface area contributed by atoms with E-state index in [2.05, 4.69) is 36.7 Å². The third kappa shape index (κ3) is 3.79. The molecular formula is C17H12ClIN4O4S2. The topological polar surface area (TPSA) is 107 Å². The maximum atomic E-state index is 12.7. The third-order valence-electron chi connectivity index (χ3n) is 4.28. The Labute approximate surface area is 187 Å². The zero-order valence-electron chi connectivity index (χ0n) is 14.7. The summed E-state index contributed by atoms with van der Waals surface area (Å²) in [6, 6.07) is 9.98. The average molecular weight is 563 g/mol. The molecule has 0 unspecified atom stereocenters. The summed E-state index contributed by atoms with van der Waals surface area (Å²) in [5, 5.41) is 0.0616. The number of hydrogen-bond acceptors (Lipinski definition) is 7. The van der Waals surface area contributed by atoms with E-state index in [9.17, 15) is 13.2 Å². The molecule has 0 fully saturated rings. The van der Waals surface area contributed by atoms with Crippen molar-refractivity contribution in [2.24, 2.45) is 0 Å². The van der Waals surface area contributed by atoms with Gasteiger partial charge in [-0.25, -0.2) is 18.2 Å². The largest absolute Gasteiger partial charge is 0.420 e. The first-order valence-electron chi connectivity index (χ1n) is 8.16. The fraction of sp³-hybridized carbons (Fsp3) is 0.118. The summed E-state index contributed by atoms with van der Waals surface area (Å²) in [5.41, 5.74) is 1.46. The molecular weight excluding hydrogens is 551 g/mol. The van der Waals surface area contributed by atoms with Gasteiger partial charge >= 0.3 is 5.76 Å². The molecule has 4 aromatic rings. The van der Waals surface area contributed by atoms with E-state index in [1.165, 1.54) is 23.0 Å². The molecule has 2 heterocycles. The molecule has 0 amide bonds. The van der Waals surface area contributed by atoms with Crippen molar-refractivity contribution in [2.75, 3.05) is 4.72 Å². The molecule has 0 aliphatic heterocycles. The molecule has 12 heteroatoms. The van der Waals surface area contributed by atoms with Gasteiger partial charge in [0.1, 0.15) is 11.2 Å². The molecule has 1 atom stereocenters. The number of benzene rings is 2. The second kappa shape index (κ2) is 7.70. The second-order valence-corrected chi connectivity index (χ2v) is 10.0. The van der Waals surface area contributed by atoms with Crippen LogP contribution in [-0.4, -0.2) is 22.3 Å². The van der Waals surface area contributed by atoms with Crippen molar-refractivity contribution in [1.29, 1.82) is 0 Å². The molecule has 0 radical (unpaired) electrons. The highest BCUT2D eigenvalue weighted by molar-refractivity contribution is 14.1. The minimum absolute atomic E-state index is 0.0426. The average Bonchev–Trinajstić information content (AvgIpc) is 3.27. The number of halogens is 2. The van der Waals surface area contributed by atoms with Crippen LogP contribution in [0.2, 0.25) is 5.02 Å². The van der Waals surface area contributed by atoms with E-state index in [1.807, 2.05) is 31.2 Å². The highest BCUT2D eigenvalue weighted by Crippen LogP contribution is 2.32. The summed E-state index contributed by atoms with van der Waals surface area (Å²) in [6.07, 6.45) is 1.23. The van der Waals surface area contributed by atoms with Crippen LogP contribution in [0.25, 0.3) is 11.1 Å². The molecule has 0 aliphatic rings. The van der Waals surface area contributed by atoms with Gasteiger partial charge in [0.15, 0.2) is 5.58 Å². The lowest BCUT2D eigenvalue weighted by molar-refractivity contribution is 0.489. The van der Waals surface area contributed by atoms with Crippen molar-refractivity contribution in [2.45, 2.75) is 17.9 Å². The number of sulfonamides is 1. The molecule has 4 rings (SSSR count). The zero-order valence-corrected chi connectivity index (χ0v) is 19.2. The molecule has 0 saturated heterocycles. The van der Waals surface area contributed by atoms with Gasteiger partial charge in [-0.15, -0.1) is 0 Å². The van der Waals surface area contributed by atoms with Crippen LogP contribution in [0, 0.1) is 3.57 Å². The fourth-order valence-electron chi connectivity index (χ4n) is 2.95. The molecule has 2 aromatic carbocycles. The normalized spacial score (nSPS) is 12.9. The van der Waals surface area contributed by atoms with Crippen LogP contribution >= 0.6 is 45.7 Å². The van der Waals surface area contributed by atoms with Crippen molar-refractivity contribution in [3.05, 3.63) is 67.4 Å². The van der Waals surface area contributed by atoms with Crippen molar-refractivity contribution < 1.29 is 12.8 Å². The second-order valence-electron chi connectivity index (χ2n) is 6.04. The van der Waals surface area contributed by atoms with E-state index in [4.69, 9.17) is 16.0 Å². The zero-order chi connectivity index (χ0) is 20.8. The van der Waals surface area contributed by atoms with E-state index in [-0.39, 0.29) is 26.7 Å². The van der Waals surface area contributed by atoms with Gasteiger partial charge in [0.2, 0.25) is 5.13 Å². The molecule has 0 aliphatic carbocycles. The van der Waals surface area contributed by atoms with Crippen molar-refractivity contribution >= 4 is 72.0 Å². The summed E-state index contributed by atoms with van der Waals surface area (Å²) < 4.78 is 39.2. The maximum Gasteiger partial charge on any atom is 0.420 e. The quantitative estimate of drug-likeness (QED) is 0.367. The van der Waals surface area contributed by atoms with Crippen LogP contribution < -0.4 is 10.5 Å². The van der Waals surface area contributed by atoms with Crippen LogP contribution in [0.15, 0.2) is 56.8 Å². The van der Waals surface area contributed by atoms with E-state index in [1.54, 1.807) is 0 Å². The van der Waals surface area contributed by atoms with E-state index in [0.29, 0.717) is 5.52 Å². The number of rotatable bonds is 5. The van der Waals surface area contributed by atoms with E-state index < -0.39 is 15.8 Å². The molecule has 2 aromatic heterocycles. The number of anilines is 1. The van der Waals surface area contributed by atoms with Crippen LogP contribution in [0.5, 0.6) is 0 Å². The van der Waals surface area contributed by atoms with Crippen LogP contribution in [0.4, 0.5) is 5.13 Å². The molecule has 150 valence electrons. The Balaban J connectivity index is 1.83. The summed E-state index contributed by atoms with van der Waals surface area (Å²) in [4.78, 5) is 16.1. The van der Waals surface area contributed by atoms with Gasteiger partial charge < -0.3 is 4.42 Å². The Kier molecular flexibility index (Phi) is 5.40. The molecule has 0 saturated carbocycles. The van der Waals surface area contributed by atoms with Gasteiger partial charge in [0, 0.05) is 21.2 Å². The standard InChI is InChI=1S/C17H12ClIN4O4S2/c1-9(10-4-2-3-5-12(10)19)23-13-6-11(18)15(7-14(13)27-17(23)24)29(25,26)22-16-20-8-21-28-16/h2-9H,1H3,(H,20,21,22)/t9-/m1/s1. The van der Waals surface area contributed by atoms with Gasteiger partial charge in [0.05, 0.1) is 16.6 Å². The fourth-order valence-corrected chi connectivity index (χ4v) is 5.99. The van der Waals surface area contributed by atoms with Gasteiger partial charge in [-0.1, -0.05) is 29.8 Å². The Hall–Kier alpha value is -1.96. The number of fused-ring (bicyclic) bond motifs is 1. The lowest BCUT2D eigenvalue weighted by Crippen LogP contribution is -2.20. The minimum Gasteiger partial charge on any atom is -0.408 e. The van der Waals surface area contributed by atoms with Crippen LogP contribution in [-0.2, 0) is 10.0 Å². The number of hydrogen-bond donors (Lipinski definition) is 1. The highest BCUT2D eigenvalue weighted by atomic mass is 127. The van der Waals surface area contributed by atoms with Gasteiger partial charge in [-0.05, 0) is 47.2 Å². The lowest BCUT2D eigenvalue weighted by atomic mass is 10.1. The first-order valence-corrected chi connectivity index (χ1v) is 11.9. The molecule has 0 bridgehead atoms. The molecule has 29 heavy (non-hydrogen) atoms. The van der Waals surface area contributed by atoms with Crippen LogP contribution in [0.3, 0.4) is 0 Å². The summed E-state index contributed by atoms with van der Waals surface area (Å²) in [7, 11) is -4.03. The van der Waals surface area contributed by atoms with Gasteiger partial charge in [0.25, 0.3) is 10.0 Å². The molecule has 0 spiro atoms.